The number of nitrogens with one attached hydrogen (secondary N) is 1. The molecule has 1 aromatic heterocycles. The molecule has 0 radical (unpaired) electrons. The number of hydrogen-bond donors (Lipinski definition) is 1. The van der Waals surface area contributed by atoms with E-state index in [1.807, 2.05) is 0 Å². The molecule has 0 aliphatic carbocycles. The predicted octanol–water partition coefficient (Wildman–Crippen LogP) is 2.06. The molecular formula is C19H22N2O5S. The van der Waals surface area contributed by atoms with Crippen LogP contribution in [0.5, 0.6) is 0 Å². The number of carbonyl (C=O) groups is 2. The van der Waals surface area contributed by atoms with Gasteiger partial charge in [-0.2, -0.15) is 0 Å². The van der Waals surface area contributed by atoms with E-state index < -0.39 is 15.1 Å². The number of anilines is 1. The Morgan fingerprint density at radius 1 is 1.30 bits per heavy atom. The fraction of sp³-hybridized carbons (Fsp3) is 0.368. The van der Waals surface area contributed by atoms with Crippen LogP contribution in [0.1, 0.15) is 31.6 Å². The van der Waals surface area contributed by atoms with Crippen LogP contribution < -0.4 is 10.2 Å². The number of benzene rings is 1. The van der Waals surface area contributed by atoms with E-state index in [-0.39, 0.29) is 29.7 Å². The zero-order valence-electron chi connectivity index (χ0n) is 15.3. The van der Waals surface area contributed by atoms with Crippen molar-refractivity contribution in [3.05, 3.63) is 47.9 Å². The Bertz CT molecular complexity index is 950. The van der Waals surface area contributed by atoms with Crippen molar-refractivity contribution in [1.82, 2.24) is 5.32 Å². The molecule has 1 N–H and O–H groups in total. The molecule has 0 fully saturated rings. The van der Waals surface area contributed by atoms with Gasteiger partial charge in [0, 0.05) is 25.6 Å². The molecule has 27 heavy (non-hydrogen) atoms. The first kappa shape index (κ1) is 19.2. The van der Waals surface area contributed by atoms with E-state index in [1.54, 1.807) is 29.2 Å². The molecule has 2 aromatic rings. The molecule has 0 saturated carbocycles. The Hall–Kier alpha value is -2.61. The molecule has 1 aliphatic heterocycles. The second-order valence-corrected chi connectivity index (χ2v) is 8.99. The number of furan rings is 1. The van der Waals surface area contributed by atoms with E-state index in [9.17, 15) is 18.0 Å². The molecule has 7 nitrogen and oxygen atoms in total. The van der Waals surface area contributed by atoms with Crippen molar-refractivity contribution in [1.29, 1.82) is 0 Å². The van der Waals surface area contributed by atoms with Crippen LogP contribution in [0.2, 0.25) is 0 Å². The van der Waals surface area contributed by atoms with Crippen LogP contribution >= 0.6 is 0 Å². The SMILES string of the molecule is CC(=O)N1CCc2cc(S(=O)(=O)[C@@H](C)CC(=O)NCc3ccco3)ccc21. The molecule has 0 saturated heterocycles. The first-order valence-corrected chi connectivity index (χ1v) is 10.3. The van der Waals surface area contributed by atoms with Crippen LogP contribution in [0, 0.1) is 0 Å². The maximum Gasteiger partial charge on any atom is 0.223 e. The average molecular weight is 390 g/mol. The molecule has 0 unspecified atom stereocenters. The first-order chi connectivity index (χ1) is 12.8. The van der Waals surface area contributed by atoms with E-state index in [4.69, 9.17) is 4.42 Å². The minimum absolute atomic E-state index is 0.0639. The van der Waals surface area contributed by atoms with Crippen molar-refractivity contribution < 1.29 is 22.4 Å². The minimum Gasteiger partial charge on any atom is -0.467 e. The number of carbonyl (C=O) groups excluding carboxylic acids is 2. The Kier molecular flexibility index (Phi) is 5.36. The average Bonchev–Trinajstić information content (AvgIpc) is 3.28. The van der Waals surface area contributed by atoms with Crippen LogP contribution in [0.3, 0.4) is 0 Å². The van der Waals surface area contributed by atoms with Gasteiger partial charge < -0.3 is 14.6 Å². The number of fused-ring (bicyclic) bond motifs is 1. The number of amides is 2. The lowest BCUT2D eigenvalue weighted by atomic mass is 10.2. The summed E-state index contributed by atoms with van der Waals surface area (Å²) in [4.78, 5) is 25.5. The third-order valence-electron chi connectivity index (χ3n) is 4.70. The summed E-state index contributed by atoms with van der Waals surface area (Å²) in [5, 5.41) is 1.79. The largest absolute Gasteiger partial charge is 0.467 e. The van der Waals surface area contributed by atoms with Crippen LogP contribution in [0.25, 0.3) is 0 Å². The molecule has 144 valence electrons. The van der Waals surface area contributed by atoms with Crippen molar-refractivity contribution >= 4 is 27.3 Å². The summed E-state index contributed by atoms with van der Waals surface area (Å²) in [5.41, 5.74) is 1.59. The molecule has 1 aliphatic rings. The fourth-order valence-electron chi connectivity index (χ4n) is 3.16. The highest BCUT2D eigenvalue weighted by molar-refractivity contribution is 7.92. The summed E-state index contributed by atoms with van der Waals surface area (Å²) in [6.07, 6.45) is 1.99. The number of nitrogens with zero attached hydrogens (tertiary/aromatic N) is 1. The maximum absolute atomic E-state index is 12.8. The third kappa shape index (κ3) is 4.05. The smallest absolute Gasteiger partial charge is 0.223 e. The molecule has 0 bridgehead atoms. The van der Waals surface area contributed by atoms with Gasteiger partial charge >= 0.3 is 0 Å². The van der Waals surface area contributed by atoms with Gasteiger partial charge in [0.25, 0.3) is 0 Å². The molecule has 2 amide bonds. The summed E-state index contributed by atoms with van der Waals surface area (Å²) in [7, 11) is -3.65. The molecule has 1 aromatic carbocycles. The van der Waals surface area contributed by atoms with Crippen molar-refractivity contribution in [3.63, 3.8) is 0 Å². The highest BCUT2D eigenvalue weighted by Crippen LogP contribution is 2.31. The molecular weight excluding hydrogens is 368 g/mol. The standard InChI is InChI=1S/C19H22N2O5S/c1-13(10-19(23)20-12-16-4-3-9-26-16)27(24,25)17-5-6-18-15(11-17)7-8-21(18)14(2)22/h3-6,9,11,13H,7-8,10,12H2,1-2H3,(H,20,23)/t13-/m0/s1. The highest BCUT2D eigenvalue weighted by atomic mass is 32.2. The van der Waals surface area contributed by atoms with Gasteiger partial charge in [-0.1, -0.05) is 0 Å². The Balaban J connectivity index is 1.68. The van der Waals surface area contributed by atoms with Crippen molar-refractivity contribution in [3.8, 4) is 0 Å². The van der Waals surface area contributed by atoms with Crippen LogP contribution in [-0.4, -0.2) is 32.0 Å². The van der Waals surface area contributed by atoms with Crippen molar-refractivity contribution in [2.24, 2.45) is 0 Å². The van der Waals surface area contributed by atoms with Gasteiger partial charge in [0.2, 0.25) is 11.8 Å². The van der Waals surface area contributed by atoms with Crippen molar-refractivity contribution in [2.45, 2.75) is 43.4 Å². The lowest BCUT2D eigenvalue weighted by molar-refractivity contribution is -0.121. The summed E-state index contributed by atoms with van der Waals surface area (Å²) in [5.74, 6) is 0.185. The van der Waals surface area contributed by atoms with E-state index in [0.29, 0.717) is 18.7 Å². The van der Waals surface area contributed by atoms with Crippen LogP contribution in [0.4, 0.5) is 5.69 Å². The number of rotatable bonds is 6. The van der Waals surface area contributed by atoms with E-state index in [0.717, 1.165) is 11.3 Å². The lowest BCUT2D eigenvalue weighted by Gasteiger charge is -2.16. The van der Waals surface area contributed by atoms with Crippen LogP contribution in [0.15, 0.2) is 45.9 Å². The monoisotopic (exact) mass is 390 g/mol. The van der Waals surface area contributed by atoms with Gasteiger partial charge in [-0.3, -0.25) is 9.59 Å². The lowest BCUT2D eigenvalue weighted by Crippen LogP contribution is -2.29. The molecule has 1 atom stereocenters. The molecule has 0 spiro atoms. The molecule has 3 rings (SSSR count). The Labute approximate surface area is 158 Å². The van der Waals surface area contributed by atoms with Crippen molar-refractivity contribution in [2.75, 3.05) is 11.4 Å². The van der Waals surface area contributed by atoms with Gasteiger partial charge in [0.05, 0.1) is 23.0 Å². The third-order valence-corrected chi connectivity index (χ3v) is 6.83. The van der Waals surface area contributed by atoms with Gasteiger partial charge in [0.1, 0.15) is 5.76 Å². The Morgan fingerprint density at radius 2 is 2.07 bits per heavy atom. The minimum atomic E-state index is -3.65. The van der Waals surface area contributed by atoms with E-state index in [1.165, 1.54) is 26.2 Å². The topological polar surface area (TPSA) is 96.7 Å². The normalized spacial score (nSPS) is 14.7. The summed E-state index contributed by atoms with van der Waals surface area (Å²) < 4.78 is 30.8. The first-order valence-electron chi connectivity index (χ1n) is 8.73. The highest BCUT2D eigenvalue weighted by Gasteiger charge is 2.29. The number of sulfone groups is 1. The Morgan fingerprint density at radius 3 is 2.74 bits per heavy atom. The van der Waals surface area contributed by atoms with Crippen LogP contribution in [-0.2, 0) is 32.4 Å². The predicted molar refractivity (Wildman–Crippen MR) is 100.0 cm³/mol. The summed E-state index contributed by atoms with van der Waals surface area (Å²) in [6, 6.07) is 8.24. The fourth-order valence-corrected chi connectivity index (χ4v) is 4.56. The number of hydrogen-bond acceptors (Lipinski definition) is 5. The second-order valence-electron chi connectivity index (χ2n) is 6.63. The summed E-state index contributed by atoms with van der Waals surface area (Å²) >= 11 is 0. The maximum atomic E-state index is 12.8. The zero-order valence-corrected chi connectivity index (χ0v) is 16.1. The van der Waals surface area contributed by atoms with Gasteiger partial charge in [-0.15, -0.1) is 0 Å². The van der Waals surface area contributed by atoms with Gasteiger partial charge in [-0.05, 0) is 49.2 Å². The summed E-state index contributed by atoms with van der Waals surface area (Å²) in [6.45, 7) is 3.79. The van der Waals surface area contributed by atoms with E-state index in [2.05, 4.69) is 5.32 Å². The second kappa shape index (κ2) is 7.56. The zero-order chi connectivity index (χ0) is 19.6. The molecule has 2 heterocycles. The van der Waals surface area contributed by atoms with Gasteiger partial charge in [-0.25, -0.2) is 8.42 Å². The quantitative estimate of drug-likeness (QED) is 0.814. The van der Waals surface area contributed by atoms with E-state index >= 15 is 0 Å². The molecule has 8 heteroatoms. The van der Waals surface area contributed by atoms with Gasteiger partial charge in [0.15, 0.2) is 9.84 Å².